The van der Waals surface area contributed by atoms with Gasteiger partial charge in [-0.05, 0) is 130 Å². The second kappa shape index (κ2) is 12.8. The summed E-state index contributed by atoms with van der Waals surface area (Å²) >= 11 is 0. The maximum absolute atomic E-state index is 14.0. The predicted molar refractivity (Wildman–Crippen MR) is 180 cm³/mol. The van der Waals surface area contributed by atoms with Crippen LogP contribution in [0.5, 0.6) is 0 Å². The Kier molecular flexibility index (Phi) is 9.08. The molecule has 0 amide bonds. The fourth-order valence-corrected chi connectivity index (χ4v) is 10.2. The molecule has 0 aliphatic heterocycles. The van der Waals surface area contributed by atoms with Crippen LogP contribution < -0.4 is 0 Å². The van der Waals surface area contributed by atoms with Crippen molar-refractivity contribution in [1.29, 1.82) is 0 Å². The van der Waals surface area contributed by atoms with Crippen molar-refractivity contribution in [1.82, 2.24) is 0 Å². The minimum absolute atomic E-state index is 0.00201. The van der Waals surface area contributed by atoms with Gasteiger partial charge in [0.15, 0.2) is 5.78 Å². The third-order valence-electron chi connectivity index (χ3n) is 12.8. The molecule has 2 aromatic carbocycles. The predicted octanol–water partition coefficient (Wildman–Crippen LogP) is 9.41. The largest absolute Gasteiger partial charge is 0.458 e. The topological polar surface area (TPSA) is 69.7 Å². The highest BCUT2D eigenvalue weighted by Gasteiger charge is 2.61. The molecule has 8 atom stereocenters. The Bertz CT molecular complexity index is 1460. The van der Waals surface area contributed by atoms with Crippen molar-refractivity contribution in [3.63, 3.8) is 0 Å². The molecule has 6 rings (SSSR count). The van der Waals surface area contributed by atoms with Crippen molar-refractivity contribution in [3.05, 3.63) is 83.4 Å². The smallest absolute Gasteiger partial charge is 0.338 e. The van der Waals surface area contributed by atoms with Crippen LogP contribution in [0.25, 0.3) is 0 Å². The normalized spacial score (nSPS) is 32.8. The molecule has 0 bridgehead atoms. The van der Waals surface area contributed by atoms with Crippen LogP contribution in [0.2, 0.25) is 0 Å². The summed E-state index contributed by atoms with van der Waals surface area (Å²) in [7, 11) is 0. The molecular weight excluding hydrogens is 572 g/mol. The van der Waals surface area contributed by atoms with E-state index in [1.807, 2.05) is 56.3 Å². The third kappa shape index (κ3) is 6.23. The van der Waals surface area contributed by atoms with Crippen LogP contribution in [0.15, 0.2) is 72.3 Å². The lowest BCUT2D eigenvalue weighted by molar-refractivity contribution is -0.135. The fourth-order valence-electron chi connectivity index (χ4n) is 10.2. The number of allylic oxidation sites excluding steroid dienone is 1. The quantitative estimate of drug-likeness (QED) is 0.260. The number of hydrogen-bond donors (Lipinski definition) is 0. The first kappa shape index (κ1) is 32.7. The Balaban J connectivity index is 1.07. The van der Waals surface area contributed by atoms with Crippen molar-refractivity contribution in [3.8, 4) is 0 Å². The molecule has 2 aromatic rings. The molecule has 0 aromatic heterocycles. The summed E-state index contributed by atoms with van der Waals surface area (Å²) in [5.41, 5.74) is 2.05. The molecule has 46 heavy (non-hydrogen) atoms. The minimum atomic E-state index is -0.514. The maximum atomic E-state index is 14.0. The third-order valence-corrected chi connectivity index (χ3v) is 12.8. The summed E-state index contributed by atoms with van der Waals surface area (Å²) in [4.78, 5) is 39.4. The maximum Gasteiger partial charge on any atom is 0.338 e. The molecule has 3 fully saturated rings. The highest BCUT2D eigenvalue weighted by molar-refractivity contribution is 5.95. The van der Waals surface area contributed by atoms with Gasteiger partial charge in [-0.1, -0.05) is 69.2 Å². The number of carbonyl (C=O) groups excluding carboxylic acids is 3. The molecule has 0 saturated heterocycles. The minimum Gasteiger partial charge on any atom is -0.458 e. The van der Waals surface area contributed by atoms with Gasteiger partial charge in [0.2, 0.25) is 0 Å². The average molecular weight is 625 g/mol. The molecule has 0 spiro atoms. The Hall–Kier alpha value is -3.21. The standard InChI is InChI=1S/C41H52O5/c1-27(13-12-22-39(2,3)46-38(44)29-16-10-7-11-17-29)32-18-19-33-36-34(21-24-41(32,33)5)40(4)23-20-31(25-30(40)26-35(36)42)45-37(43)28-14-8-6-9-15-28/h6-11,14-17,26-27,31-34,36H,12-13,18-25H2,1-5H3/t27-,31?,32?,33+,34?,36?,40?,41?/m1/s1. The lowest BCUT2D eigenvalue weighted by atomic mass is 9.46. The van der Waals surface area contributed by atoms with Crippen molar-refractivity contribution in [2.24, 2.45) is 40.4 Å². The van der Waals surface area contributed by atoms with E-state index in [-0.39, 0.29) is 34.8 Å². The van der Waals surface area contributed by atoms with Gasteiger partial charge in [-0.25, -0.2) is 9.59 Å². The summed E-state index contributed by atoms with van der Waals surface area (Å²) < 4.78 is 11.8. The van der Waals surface area contributed by atoms with Crippen LogP contribution in [0.1, 0.15) is 120 Å². The Morgan fingerprint density at radius 2 is 1.52 bits per heavy atom. The fraction of sp³-hybridized carbons (Fsp3) is 0.585. The molecule has 0 N–H and O–H groups in total. The molecule has 0 radical (unpaired) electrons. The van der Waals surface area contributed by atoms with Gasteiger partial charge in [-0.2, -0.15) is 0 Å². The lowest BCUT2D eigenvalue weighted by Crippen LogP contribution is -2.53. The Labute approximate surface area is 275 Å². The number of ether oxygens (including phenoxy) is 2. The summed E-state index contributed by atoms with van der Waals surface area (Å²) in [5, 5.41) is 0. The molecule has 0 heterocycles. The van der Waals surface area contributed by atoms with Crippen molar-refractivity contribution in [2.75, 3.05) is 0 Å². The summed E-state index contributed by atoms with van der Waals surface area (Å²) in [6.45, 7) is 11.3. The second-order valence-electron chi connectivity index (χ2n) is 16.0. The van der Waals surface area contributed by atoms with Gasteiger partial charge in [0.25, 0.3) is 0 Å². The zero-order chi connectivity index (χ0) is 32.7. The summed E-state index contributed by atoms with van der Waals surface area (Å²) in [6.07, 6.45) is 11.8. The van der Waals surface area contributed by atoms with Crippen LogP contribution >= 0.6 is 0 Å². The van der Waals surface area contributed by atoms with E-state index in [0.29, 0.717) is 47.0 Å². The summed E-state index contributed by atoms with van der Waals surface area (Å²) in [6, 6.07) is 18.4. The van der Waals surface area contributed by atoms with Crippen LogP contribution in [-0.4, -0.2) is 29.4 Å². The van der Waals surface area contributed by atoms with E-state index in [1.165, 1.54) is 18.4 Å². The van der Waals surface area contributed by atoms with Crippen LogP contribution in [-0.2, 0) is 14.3 Å². The van der Waals surface area contributed by atoms with E-state index < -0.39 is 5.60 Å². The van der Waals surface area contributed by atoms with Crippen molar-refractivity contribution < 1.29 is 23.9 Å². The van der Waals surface area contributed by atoms with E-state index in [2.05, 4.69) is 20.8 Å². The first-order chi connectivity index (χ1) is 21.9. The number of carbonyl (C=O) groups is 3. The van der Waals surface area contributed by atoms with Gasteiger partial charge in [0, 0.05) is 12.3 Å². The van der Waals surface area contributed by atoms with Crippen LogP contribution in [0, 0.1) is 40.4 Å². The molecule has 6 unspecified atom stereocenters. The number of ketones is 1. The number of rotatable bonds is 9. The molecule has 4 aliphatic carbocycles. The Morgan fingerprint density at radius 3 is 2.20 bits per heavy atom. The molecule has 4 aliphatic rings. The number of hydrogen-bond acceptors (Lipinski definition) is 5. The van der Waals surface area contributed by atoms with Crippen LogP contribution in [0.3, 0.4) is 0 Å². The Morgan fingerprint density at radius 1 is 0.870 bits per heavy atom. The van der Waals surface area contributed by atoms with E-state index in [0.717, 1.165) is 44.9 Å². The second-order valence-corrected chi connectivity index (χ2v) is 16.0. The van der Waals surface area contributed by atoms with E-state index in [1.54, 1.807) is 24.3 Å². The molecular formula is C41H52O5. The van der Waals surface area contributed by atoms with Gasteiger partial charge in [-0.3, -0.25) is 4.79 Å². The van der Waals surface area contributed by atoms with Gasteiger partial charge in [0.05, 0.1) is 11.1 Å². The zero-order valence-corrected chi connectivity index (χ0v) is 28.4. The number of fused-ring (bicyclic) bond motifs is 5. The highest BCUT2D eigenvalue weighted by atomic mass is 16.6. The van der Waals surface area contributed by atoms with Crippen molar-refractivity contribution in [2.45, 2.75) is 111 Å². The molecule has 246 valence electrons. The number of esters is 2. The van der Waals surface area contributed by atoms with E-state index in [4.69, 9.17) is 9.47 Å². The average Bonchev–Trinajstić information content (AvgIpc) is 3.39. The van der Waals surface area contributed by atoms with E-state index >= 15 is 0 Å². The van der Waals surface area contributed by atoms with Gasteiger partial charge in [-0.15, -0.1) is 0 Å². The van der Waals surface area contributed by atoms with Crippen molar-refractivity contribution >= 4 is 17.7 Å². The first-order valence-corrected chi connectivity index (χ1v) is 17.7. The molecule has 5 heteroatoms. The van der Waals surface area contributed by atoms with Crippen LogP contribution in [0.4, 0.5) is 0 Å². The first-order valence-electron chi connectivity index (χ1n) is 17.7. The number of benzene rings is 2. The molecule has 3 saturated carbocycles. The monoisotopic (exact) mass is 624 g/mol. The zero-order valence-electron chi connectivity index (χ0n) is 28.4. The summed E-state index contributed by atoms with van der Waals surface area (Å²) in [5.74, 6) is 1.85. The van der Waals surface area contributed by atoms with Gasteiger partial charge in [0.1, 0.15) is 11.7 Å². The highest BCUT2D eigenvalue weighted by Crippen LogP contribution is 2.66. The van der Waals surface area contributed by atoms with E-state index in [9.17, 15) is 14.4 Å². The SMILES string of the molecule is C[C@H](CCCC(C)(C)OC(=O)c1ccccc1)C1CC[C@H]2C3C(=O)C=C4CC(OC(=O)c5ccccc5)CCC4(C)C3CCC12C. The van der Waals surface area contributed by atoms with Gasteiger partial charge < -0.3 is 9.47 Å². The molecule has 5 nitrogen and oxygen atoms in total. The van der Waals surface area contributed by atoms with Gasteiger partial charge >= 0.3 is 11.9 Å². The lowest BCUT2D eigenvalue weighted by Gasteiger charge is -2.57.